The van der Waals surface area contributed by atoms with Crippen LogP contribution < -0.4 is 5.32 Å². The first-order chi connectivity index (χ1) is 14.0. The van der Waals surface area contributed by atoms with Gasteiger partial charge in [-0.25, -0.2) is 14.8 Å². The first-order valence-electron chi connectivity index (χ1n) is 8.37. The number of hydrogen-bond acceptors (Lipinski definition) is 8. The molecule has 0 saturated carbocycles. The first-order valence-corrected chi connectivity index (χ1v) is 9.19. The number of amides is 1. The van der Waals surface area contributed by atoms with Gasteiger partial charge in [-0.2, -0.15) is 0 Å². The molecule has 2 N–H and O–H groups in total. The molecule has 144 valence electrons. The van der Waals surface area contributed by atoms with Crippen molar-refractivity contribution in [2.45, 2.75) is 6.92 Å². The van der Waals surface area contributed by atoms with Crippen LogP contribution in [-0.2, 0) is 4.79 Å². The molecule has 0 aliphatic heterocycles. The van der Waals surface area contributed by atoms with E-state index in [4.69, 9.17) is 4.42 Å². The average Bonchev–Trinajstić information content (AvgIpc) is 3.38. The van der Waals surface area contributed by atoms with Crippen LogP contribution in [0.4, 0.5) is 5.82 Å². The van der Waals surface area contributed by atoms with Crippen LogP contribution in [0.5, 0.6) is 0 Å². The van der Waals surface area contributed by atoms with Crippen LogP contribution in [0.3, 0.4) is 0 Å². The van der Waals surface area contributed by atoms with Gasteiger partial charge in [0.1, 0.15) is 15.7 Å². The van der Waals surface area contributed by atoms with E-state index in [0.717, 1.165) is 16.9 Å². The number of nitrogens with one attached hydrogen (secondary N) is 1. The number of carboxylic acids is 1. The Kier molecular flexibility index (Phi) is 4.83. The van der Waals surface area contributed by atoms with Crippen molar-refractivity contribution in [1.29, 1.82) is 0 Å². The van der Waals surface area contributed by atoms with Crippen LogP contribution in [0.1, 0.15) is 16.6 Å². The molecule has 4 aromatic rings. The highest BCUT2D eigenvalue weighted by Gasteiger charge is 2.20. The van der Waals surface area contributed by atoms with Crippen LogP contribution in [-0.4, -0.2) is 37.1 Å². The number of aromatic nitrogens is 4. The molecule has 29 heavy (non-hydrogen) atoms. The van der Waals surface area contributed by atoms with Gasteiger partial charge in [0.25, 0.3) is 0 Å². The maximum absolute atomic E-state index is 11.4. The summed E-state index contributed by atoms with van der Waals surface area (Å²) in [5, 5.41) is 20.4. The highest BCUT2D eigenvalue weighted by atomic mass is 32.1. The summed E-state index contributed by atoms with van der Waals surface area (Å²) in [5.74, 6) is -0.531. The normalized spacial score (nSPS) is 10.7. The summed E-state index contributed by atoms with van der Waals surface area (Å²) in [5.41, 5.74) is 1.75. The van der Waals surface area contributed by atoms with Crippen LogP contribution in [0.2, 0.25) is 0 Å². The molecule has 0 unspecified atom stereocenters. The second-order valence-corrected chi connectivity index (χ2v) is 6.94. The van der Waals surface area contributed by atoms with Gasteiger partial charge in [0.15, 0.2) is 0 Å². The van der Waals surface area contributed by atoms with E-state index < -0.39 is 5.97 Å². The SMILES string of the molecule is CC(=O)Nc1cc(-c2nnc(-c3ccccc3)o2)c(-c2ncc(C(=O)O)s2)cn1. The highest BCUT2D eigenvalue weighted by molar-refractivity contribution is 7.16. The summed E-state index contributed by atoms with van der Waals surface area (Å²) in [6, 6.07) is 10.9. The number of nitrogens with zero attached hydrogens (tertiary/aromatic N) is 4. The molecule has 0 saturated heterocycles. The van der Waals surface area contributed by atoms with Crippen LogP contribution >= 0.6 is 11.3 Å². The van der Waals surface area contributed by atoms with Gasteiger partial charge in [0.05, 0.1) is 11.8 Å². The lowest BCUT2D eigenvalue weighted by Crippen LogP contribution is -2.07. The van der Waals surface area contributed by atoms with E-state index in [0.29, 0.717) is 27.8 Å². The second-order valence-electron chi connectivity index (χ2n) is 5.91. The Morgan fingerprint density at radius 1 is 1.03 bits per heavy atom. The maximum atomic E-state index is 11.4. The predicted octanol–water partition coefficient (Wildman–Crippen LogP) is 3.58. The molecule has 1 aromatic carbocycles. The Hall–Kier alpha value is -3.92. The summed E-state index contributed by atoms with van der Waals surface area (Å²) in [6.07, 6.45) is 2.76. The van der Waals surface area contributed by atoms with Gasteiger partial charge in [0.2, 0.25) is 17.7 Å². The van der Waals surface area contributed by atoms with Gasteiger partial charge in [0, 0.05) is 24.2 Å². The molecule has 3 heterocycles. The monoisotopic (exact) mass is 407 g/mol. The first kappa shape index (κ1) is 18.4. The van der Waals surface area contributed by atoms with Crippen molar-refractivity contribution in [3.63, 3.8) is 0 Å². The number of aromatic carboxylic acids is 1. The molecule has 9 nitrogen and oxygen atoms in total. The average molecular weight is 407 g/mol. The second kappa shape index (κ2) is 7.60. The minimum atomic E-state index is -1.07. The third kappa shape index (κ3) is 3.87. The molecule has 0 spiro atoms. The zero-order valence-electron chi connectivity index (χ0n) is 15.0. The molecule has 0 aliphatic carbocycles. The molecule has 0 fully saturated rings. The molecule has 0 atom stereocenters. The molecule has 3 aromatic heterocycles. The van der Waals surface area contributed by atoms with Crippen molar-refractivity contribution in [3.8, 4) is 33.5 Å². The van der Waals surface area contributed by atoms with Gasteiger partial charge in [-0.05, 0) is 18.2 Å². The van der Waals surface area contributed by atoms with Crippen LogP contribution in [0.15, 0.2) is 53.2 Å². The number of pyridine rings is 1. The molecular formula is C19H13N5O4S. The Morgan fingerprint density at radius 2 is 1.79 bits per heavy atom. The molecule has 10 heteroatoms. The lowest BCUT2D eigenvalue weighted by Gasteiger charge is -2.07. The fraction of sp³-hybridized carbons (Fsp3) is 0.0526. The summed E-state index contributed by atoms with van der Waals surface area (Å²) >= 11 is 0.998. The molecule has 1 amide bonds. The van der Waals surface area contributed by atoms with Crippen molar-refractivity contribution < 1.29 is 19.1 Å². The Morgan fingerprint density at radius 3 is 2.48 bits per heavy atom. The minimum absolute atomic E-state index is 0.0902. The van der Waals surface area contributed by atoms with E-state index in [-0.39, 0.29) is 16.7 Å². The van der Waals surface area contributed by atoms with Crippen molar-refractivity contribution in [1.82, 2.24) is 20.2 Å². The van der Waals surface area contributed by atoms with Gasteiger partial charge >= 0.3 is 5.97 Å². The smallest absolute Gasteiger partial charge is 0.347 e. The molecular weight excluding hydrogens is 394 g/mol. The van der Waals surface area contributed by atoms with Crippen LogP contribution in [0, 0.1) is 0 Å². The maximum Gasteiger partial charge on any atom is 0.347 e. The lowest BCUT2D eigenvalue weighted by molar-refractivity contribution is -0.114. The van der Waals surface area contributed by atoms with Crippen molar-refractivity contribution in [2.75, 3.05) is 5.32 Å². The van der Waals surface area contributed by atoms with Gasteiger partial charge in [-0.15, -0.1) is 21.5 Å². The fourth-order valence-electron chi connectivity index (χ4n) is 2.58. The van der Waals surface area contributed by atoms with Gasteiger partial charge in [-0.1, -0.05) is 18.2 Å². The largest absolute Gasteiger partial charge is 0.477 e. The number of carbonyl (C=O) groups is 2. The van der Waals surface area contributed by atoms with Crippen molar-refractivity contribution in [2.24, 2.45) is 0 Å². The molecule has 4 rings (SSSR count). The van der Waals surface area contributed by atoms with E-state index in [1.807, 2.05) is 30.3 Å². The fourth-order valence-corrected chi connectivity index (χ4v) is 3.36. The van der Waals surface area contributed by atoms with Crippen molar-refractivity contribution >= 4 is 29.0 Å². The van der Waals surface area contributed by atoms with E-state index in [2.05, 4.69) is 25.5 Å². The van der Waals surface area contributed by atoms with Gasteiger partial charge < -0.3 is 14.8 Å². The highest BCUT2D eigenvalue weighted by Crippen LogP contribution is 2.35. The zero-order valence-corrected chi connectivity index (χ0v) is 15.8. The molecule has 0 bridgehead atoms. The third-order valence-corrected chi connectivity index (χ3v) is 4.85. The molecule has 0 radical (unpaired) electrons. The number of carboxylic acid groups (broad SMARTS) is 1. The van der Waals surface area contributed by atoms with E-state index in [1.165, 1.54) is 19.3 Å². The Bertz CT molecular complexity index is 1200. The van der Waals surface area contributed by atoms with Crippen LogP contribution in [0.25, 0.3) is 33.5 Å². The number of thiazole rings is 1. The Balaban J connectivity index is 1.82. The third-order valence-electron chi connectivity index (χ3n) is 3.83. The zero-order chi connectivity index (χ0) is 20.4. The number of rotatable bonds is 5. The summed E-state index contributed by atoms with van der Waals surface area (Å²) in [4.78, 5) is 31.1. The van der Waals surface area contributed by atoms with Crippen molar-refractivity contribution in [3.05, 3.63) is 53.7 Å². The number of hydrogen-bond donors (Lipinski definition) is 2. The number of carbonyl (C=O) groups excluding carboxylic acids is 1. The number of anilines is 1. The van der Waals surface area contributed by atoms with Gasteiger partial charge in [-0.3, -0.25) is 4.79 Å². The van der Waals surface area contributed by atoms with E-state index in [1.54, 1.807) is 6.07 Å². The summed E-state index contributed by atoms with van der Waals surface area (Å²) < 4.78 is 5.83. The predicted molar refractivity (Wildman–Crippen MR) is 105 cm³/mol. The number of benzene rings is 1. The quantitative estimate of drug-likeness (QED) is 0.513. The standard InChI is InChI=1S/C19H13N5O4S/c1-10(25)22-15-7-12(13(8-20-15)18-21-9-14(29-18)19(26)27)17-24-23-16(28-17)11-5-3-2-4-6-11/h2-9H,1H3,(H,26,27)(H,20,22,25). The Labute approximate surface area is 168 Å². The van der Waals surface area contributed by atoms with E-state index in [9.17, 15) is 14.7 Å². The summed E-state index contributed by atoms with van der Waals surface area (Å²) in [7, 11) is 0. The lowest BCUT2D eigenvalue weighted by atomic mass is 10.1. The van der Waals surface area contributed by atoms with E-state index >= 15 is 0 Å². The topological polar surface area (TPSA) is 131 Å². The molecule has 0 aliphatic rings. The summed E-state index contributed by atoms with van der Waals surface area (Å²) in [6.45, 7) is 1.37. The minimum Gasteiger partial charge on any atom is -0.477 e.